The number of anilines is 1. The summed E-state index contributed by atoms with van der Waals surface area (Å²) in [5.41, 5.74) is 2.31. The number of aromatic nitrogens is 1. The Hall–Kier alpha value is -1.66. The largest absolute Gasteiger partial charge is 0.480 e. The Morgan fingerprint density at radius 1 is 1.35 bits per heavy atom. The van der Waals surface area contributed by atoms with Crippen LogP contribution in [0.4, 0.5) is 5.13 Å². The molecule has 1 fully saturated rings. The summed E-state index contributed by atoms with van der Waals surface area (Å²) in [5.74, 6) is -0.755. The lowest BCUT2D eigenvalue weighted by Gasteiger charge is -2.33. The number of aryl methyl sites for hydroxylation is 1. The lowest BCUT2D eigenvalue weighted by Crippen LogP contribution is -2.47. The fraction of sp³-hybridized carbons (Fsp3) is 0.429. The monoisotopic (exact) mass is 291 g/mol. The Kier molecular flexibility index (Phi) is 3.58. The molecule has 0 amide bonds. The molecule has 2 heterocycles. The maximum Gasteiger partial charge on any atom is 0.317 e. The average Bonchev–Trinajstić information content (AvgIpc) is 2.84. The van der Waals surface area contributed by atoms with Crippen molar-refractivity contribution in [1.82, 2.24) is 9.88 Å². The van der Waals surface area contributed by atoms with Gasteiger partial charge in [0.15, 0.2) is 5.13 Å². The molecule has 1 aliphatic rings. The second-order valence-electron chi connectivity index (χ2n) is 5.08. The SMILES string of the molecule is Cc1cccc2nc(N3CCN(CC(=O)O)CC3)sc12. The first-order valence-electron chi connectivity index (χ1n) is 6.69. The van der Waals surface area contributed by atoms with Gasteiger partial charge in [-0.15, -0.1) is 0 Å². The lowest BCUT2D eigenvalue weighted by molar-refractivity contribution is -0.138. The van der Waals surface area contributed by atoms with Crippen molar-refractivity contribution in [2.45, 2.75) is 6.92 Å². The maximum atomic E-state index is 10.7. The van der Waals surface area contributed by atoms with E-state index in [1.54, 1.807) is 11.3 Å². The molecular formula is C14H17N3O2S. The highest BCUT2D eigenvalue weighted by Crippen LogP contribution is 2.31. The molecule has 0 unspecified atom stereocenters. The number of hydrogen-bond acceptors (Lipinski definition) is 5. The number of carboxylic acid groups (broad SMARTS) is 1. The molecule has 0 spiro atoms. The number of thiazole rings is 1. The topological polar surface area (TPSA) is 56.7 Å². The molecule has 5 nitrogen and oxygen atoms in total. The zero-order chi connectivity index (χ0) is 14.1. The molecule has 106 valence electrons. The standard InChI is InChI=1S/C14H17N3O2S/c1-10-3-2-4-11-13(10)20-14(15-11)17-7-5-16(6-8-17)9-12(18)19/h2-4H,5-9H2,1H3,(H,18,19). The Morgan fingerprint density at radius 2 is 2.10 bits per heavy atom. The van der Waals surface area contributed by atoms with E-state index in [1.165, 1.54) is 10.3 Å². The third kappa shape index (κ3) is 2.62. The highest BCUT2D eigenvalue weighted by Gasteiger charge is 2.21. The van der Waals surface area contributed by atoms with Gasteiger partial charge in [-0.25, -0.2) is 4.98 Å². The van der Waals surface area contributed by atoms with Crippen LogP contribution >= 0.6 is 11.3 Å². The summed E-state index contributed by atoms with van der Waals surface area (Å²) < 4.78 is 1.25. The summed E-state index contributed by atoms with van der Waals surface area (Å²) in [6.45, 7) is 5.47. The van der Waals surface area contributed by atoms with Crippen LogP contribution in [-0.2, 0) is 4.79 Å². The van der Waals surface area contributed by atoms with Gasteiger partial charge in [-0.05, 0) is 18.6 Å². The number of aliphatic carboxylic acids is 1. The molecule has 1 aliphatic heterocycles. The van der Waals surface area contributed by atoms with Gasteiger partial charge in [0.1, 0.15) is 0 Å². The quantitative estimate of drug-likeness (QED) is 0.934. The van der Waals surface area contributed by atoms with Gasteiger partial charge < -0.3 is 10.0 Å². The van der Waals surface area contributed by atoms with E-state index in [2.05, 4.69) is 17.9 Å². The molecule has 0 saturated carbocycles. The number of fused-ring (bicyclic) bond motifs is 1. The average molecular weight is 291 g/mol. The Bertz CT molecular complexity index is 632. The van der Waals surface area contributed by atoms with Crippen LogP contribution in [0.3, 0.4) is 0 Å². The minimum absolute atomic E-state index is 0.132. The van der Waals surface area contributed by atoms with E-state index in [-0.39, 0.29) is 6.54 Å². The minimum Gasteiger partial charge on any atom is -0.480 e. The van der Waals surface area contributed by atoms with Crippen LogP contribution in [0.5, 0.6) is 0 Å². The van der Waals surface area contributed by atoms with Crippen LogP contribution < -0.4 is 4.90 Å². The first-order valence-corrected chi connectivity index (χ1v) is 7.50. The van der Waals surface area contributed by atoms with E-state index < -0.39 is 5.97 Å². The molecule has 0 atom stereocenters. The number of benzene rings is 1. The Labute approximate surface area is 121 Å². The first-order chi connectivity index (χ1) is 9.63. The lowest BCUT2D eigenvalue weighted by atomic mass is 10.2. The Morgan fingerprint density at radius 3 is 2.75 bits per heavy atom. The normalized spacial score (nSPS) is 16.8. The predicted octanol–water partition coefficient (Wildman–Crippen LogP) is 1.81. The zero-order valence-corrected chi connectivity index (χ0v) is 12.2. The van der Waals surface area contributed by atoms with Crippen LogP contribution in [0, 0.1) is 6.92 Å². The van der Waals surface area contributed by atoms with E-state index in [0.29, 0.717) is 0 Å². The molecule has 2 aromatic rings. The second-order valence-corrected chi connectivity index (χ2v) is 6.05. The molecule has 6 heteroatoms. The van der Waals surface area contributed by atoms with Gasteiger partial charge in [0, 0.05) is 26.2 Å². The number of hydrogen-bond donors (Lipinski definition) is 1. The molecule has 1 saturated heterocycles. The van der Waals surface area contributed by atoms with Gasteiger partial charge in [-0.1, -0.05) is 23.5 Å². The summed E-state index contributed by atoms with van der Waals surface area (Å²) in [6.07, 6.45) is 0. The smallest absolute Gasteiger partial charge is 0.317 e. The van der Waals surface area contributed by atoms with E-state index in [9.17, 15) is 4.79 Å². The van der Waals surface area contributed by atoms with Crippen molar-refractivity contribution in [2.75, 3.05) is 37.6 Å². The van der Waals surface area contributed by atoms with Crippen LogP contribution in [0.25, 0.3) is 10.2 Å². The van der Waals surface area contributed by atoms with Gasteiger partial charge in [0.05, 0.1) is 16.8 Å². The van der Waals surface area contributed by atoms with E-state index in [4.69, 9.17) is 10.1 Å². The third-order valence-corrected chi connectivity index (χ3v) is 4.87. The fourth-order valence-corrected chi connectivity index (χ4v) is 3.58. The van der Waals surface area contributed by atoms with Crippen LogP contribution in [0.15, 0.2) is 18.2 Å². The van der Waals surface area contributed by atoms with E-state index in [0.717, 1.165) is 36.8 Å². The van der Waals surface area contributed by atoms with Gasteiger partial charge in [0.25, 0.3) is 0 Å². The zero-order valence-electron chi connectivity index (χ0n) is 11.4. The molecule has 1 N–H and O–H groups in total. The van der Waals surface area contributed by atoms with Crippen molar-refractivity contribution in [3.63, 3.8) is 0 Å². The summed E-state index contributed by atoms with van der Waals surface area (Å²) in [5, 5.41) is 9.85. The first kappa shape index (κ1) is 13.3. The molecule has 0 bridgehead atoms. The minimum atomic E-state index is -0.755. The summed E-state index contributed by atoms with van der Waals surface area (Å²) in [6, 6.07) is 6.18. The van der Waals surface area contributed by atoms with Crippen LogP contribution in [-0.4, -0.2) is 53.7 Å². The number of carboxylic acids is 1. The van der Waals surface area contributed by atoms with Crippen LogP contribution in [0.1, 0.15) is 5.56 Å². The number of piperazine rings is 1. The molecule has 0 radical (unpaired) electrons. The van der Waals surface area contributed by atoms with E-state index in [1.807, 2.05) is 17.0 Å². The molecular weight excluding hydrogens is 274 g/mol. The van der Waals surface area contributed by atoms with Crippen molar-refractivity contribution < 1.29 is 9.90 Å². The van der Waals surface area contributed by atoms with Gasteiger partial charge in [-0.2, -0.15) is 0 Å². The van der Waals surface area contributed by atoms with Crippen molar-refractivity contribution in [1.29, 1.82) is 0 Å². The second kappa shape index (κ2) is 5.38. The molecule has 20 heavy (non-hydrogen) atoms. The summed E-state index contributed by atoms with van der Waals surface area (Å²) in [7, 11) is 0. The fourth-order valence-electron chi connectivity index (χ4n) is 2.50. The van der Waals surface area contributed by atoms with Crippen molar-refractivity contribution >= 4 is 32.7 Å². The third-order valence-electron chi connectivity index (χ3n) is 3.60. The predicted molar refractivity (Wildman–Crippen MR) is 80.6 cm³/mol. The van der Waals surface area contributed by atoms with Gasteiger partial charge in [-0.3, -0.25) is 9.69 Å². The molecule has 3 rings (SSSR count). The number of nitrogens with zero attached hydrogens (tertiary/aromatic N) is 3. The van der Waals surface area contributed by atoms with Crippen molar-refractivity contribution in [2.24, 2.45) is 0 Å². The van der Waals surface area contributed by atoms with Crippen molar-refractivity contribution in [3.05, 3.63) is 23.8 Å². The molecule has 1 aromatic carbocycles. The highest BCUT2D eigenvalue weighted by atomic mass is 32.1. The molecule has 0 aliphatic carbocycles. The van der Waals surface area contributed by atoms with Crippen molar-refractivity contribution in [3.8, 4) is 0 Å². The van der Waals surface area contributed by atoms with E-state index >= 15 is 0 Å². The summed E-state index contributed by atoms with van der Waals surface area (Å²) in [4.78, 5) is 19.6. The summed E-state index contributed by atoms with van der Waals surface area (Å²) >= 11 is 1.73. The number of rotatable bonds is 3. The Balaban J connectivity index is 1.73. The maximum absolute atomic E-state index is 10.7. The highest BCUT2D eigenvalue weighted by molar-refractivity contribution is 7.22. The molecule has 1 aromatic heterocycles. The van der Waals surface area contributed by atoms with Gasteiger partial charge >= 0.3 is 5.97 Å². The van der Waals surface area contributed by atoms with Crippen LogP contribution in [0.2, 0.25) is 0 Å². The van der Waals surface area contributed by atoms with Gasteiger partial charge in [0.2, 0.25) is 0 Å². The number of carbonyl (C=O) groups is 1.